The Balaban J connectivity index is 1.65. The molecule has 0 saturated heterocycles. The predicted octanol–water partition coefficient (Wildman–Crippen LogP) is 2.59. The molecule has 1 amide bonds. The van der Waals surface area contributed by atoms with Crippen molar-refractivity contribution >= 4 is 38.5 Å². The Morgan fingerprint density at radius 3 is 2.96 bits per heavy atom. The molecule has 0 spiro atoms. The van der Waals surface area contributed by atoms with Crippen molar-refractivity contribution in [2.75, 3.05) is 7.05 Å². The molecule has 4 rings (SSSR count). The van der Waals surface area contributed by atoms with Gasteiger partial charge in [-0.25, -0.2) is 14.4 Å². The number of halogens is 1. The van der Waals surface area contributed by atoms with E-state index in [4.69, 9.17) is 0 Å². The number of thiophene rings is 1. The van der Waals surface area contributed by atoms with Gasteiger partial charge in [-0.15, -0.1) is 11.3 Å². The number of fused-ring (bicyclic) bond motifs is 2. The number of nitrogens with one attached hydrogen (secondary N) is 1. The van der Waals surface area contributed by atoms with Gasteiger partial charge < -0.3 is 14.5 Å². The third-order valence-electron chi connectivity index (χ3n) is 4.43. The maximum atomic E-state index is 13.3. The highest BCUT2D eigenvalue weighted by atomic mass is 32.1. The van der Waals surface area contributed by atoms with Crippen LogP contribution in [0.1, 0.15) is 21.1 Å². The van der Waals surface area contributed by atoms with Crippen molar-refractivity contribution in [1.82, 2.24) is 24.4 Å². The Bertz CT molecular complexity index is 1260. The second-order valence-corrected chi connectivity index (χ2v) is 7.40. The van der Waals surface area contributed by atoms with E-state index in [0.717, 1.165) is 0 Å². The predicted molar refractivity (Wildman–Crippen MR) is 101 cm³/mol. The van der Waals surface area contributed by atoms with Crippen LogP contribution in [0.5, 0.6) is 0 Å². The van der Waals surface area contributed by atoms with Crippen molar-refractivity contribution in [3.05, 3.63) is 57.0 Å². The molecule has 1 aromatic carbocycles. The van der Waals surface area contributed by atoms with Crippen LogP contribution in [-0.2, 0) is 13.6 Å². The molecule has 3 heterocycles. The smallest absolute Gasteiger partial charge is 0.264 e. The molecule has 0 atom stereocenters. The molecule has 1 N–H and O–H groups in total. The molecule has 0 fully saturated rings. The normalized spacial score (nSPS) is 11.4. The van der Waals surface area contributed by atoms with Crippen LogP contribution in [0.25, 0.3) is 21.3 Å². The van der Waals surface area contributed by atoms with E-state index in [9.17, 15) is 14.0 Å². The third-order valence-corrected chi connectivity index (χ3v) is 5.62. The Hall–Kier alpha value is -3.07. The molecule has 9 heteroatoms. The first-order valence-electron chi connectivity index (χ1n) is 8.19. The van der Waals surface area contributed by atoms with Crippen molar-refractivity contribution < 1.29 is 9.18 Å². The minimum Gasteiger partial charge on any atom is -0.340 e. The van der Waals surface area contributed by atoms with E-state index >= 15 is 0 Å². The van der Waals surface area contributed by atoms with E-state index in [2.05, 4.69) is 15.0 Å². The number of aromatic amines is 1. The fraction of sp³-hybridized carbons (Fsp3) is 0.222. The number of carbonyl (C=O) groups is 1. The van der Waals surface area contributed by atoms with Crippen molar-refractivity contribution in [1.29, 1.82) is 0 Å². The van der Waals surface area contributed by atoms with Gasteiger partial charge in [-0.2, -0.15) is 0 Å². The van der Waals surface area contributed by atoms with E-state index in [0.29, 0.717) is 37.5 Å². The summed E-state index contributed by atoms with van der Waals surface area (Å²) in [5.41, 5.74) is 1.68. The maximum absolute atomic E-state index is 13.3. The van der Waals surface area contributed by atoms with Crippen LogP contribution in [0.3, 0.4) is 0 Å². The number of amides is 1. The second-order valence-electron chi connectivity index (χ2n) is 6.40. The number of aryl methyl sites for hydroxylation is 2. The number of nitrogens with zero attached hydrogens (tertiary/aromatic N) is 4. The lowest BCUT2D eigenvalue weighted by Gasteiger charge is -2.15. The number of hydrogen-bond donors (Lipinski definition) is 1. The summed E-state index contributed by atoms with van der Waals surface area (Å²) < 4.78 is 14.7. The number of carbonyl (C=O) groups excluding carboxylic acids is 1. The number of hydrogen-bond acceptors (Lipinski definition) is 5. The summed E-state index contributed by atoms with van der Waals surface area (Å²) in [5, 5.41) is 0.473. The Morgan fingerprint density at radius 1 is 1.41 bits per heavy atom. The zero-order chi connectivity index (χ0) is 19.3. The van der Waals surface area contributed by atoms with Crippen LogP contribution >= 0.6 is 11.3 Å². The molecule has 0 unspecified atom stereocenters. The van der Waals surface area contributed by atoms with Gasteiger partial charge in [0.15, 0.2) is 0 Å². The first-order chi connectivity index (χ1) is 12.8. The van der Waals surface area contributed by atoms with Crippen molar-refractivity contribution in [2.45, 2.75) is 13.5 Å². The topological polar surface area (TPSA) is 83.9 Å². The summed E-state index contributed by atoms with van der Waals surface area (Å²) in [6, 6.07) is 4.30. The van der Waals surface area contributed by atoms with Crippen molar-refractivity contribution in [2.24, 2.45) is 7.05 Å². The van der Waals surface area contributed by atoms with Crippen LogP contribution < -0.4 is 5.56 Å². The van der Waals surface area contributed by atoms with Gasteiger partial charge in [0.1, 0.15) is 16.5 Å². The van der Waals surface area contributed by atoms with E-state index < -0.39 is 0 Å². The largest absolute Gasteiger partial charge is 0.340 e. The van der Waals surface area contributed by atoms with Crippen LogP contribution in [-0.4, -0.2) is 37.4 Å². The minimum absolute atomic E-state index is 0.172. The van der Waals surface area contributed by atoms with Crippen LogP contribution in [0, 0.1) is 12.7 Å². The summed E-state index contributed by atoms with van der Waals surface area (Å²) in [6.07, 6.45) is 1.45. The molecule has 0 bridgehead atoms. The molecule has 7 nitrogen and oxygen atoms in total. The fourth-order valence-corrected chi connectivity index (χ4v) is 4.13. The van der Waals surface area contributed by atoms with E-state index in [1.807, 2.05) is 0 Å². The molecule has 0 saturated carbocycles. The summed E-state index contributed by atoms with van der Waals surface area (Å²) in [7, 11) is 3.29. The SMILES string of the molecule is Cc1c(C(=O)N(C)Cc2nc3ccc(F)cc3[nH]2)sc2ncn(C)c(=O)c12. The zero-order valence-corrected chi connectivity index (χ0v) is 15.7. The highest BCUT2D eigenvalue weighted by molar-refractivity contribution is 7.20. The average molecular weight is 385 g/mol. The third kappa shape index (κ3) is 2.89. The molecule has 138 valence electrons. The maximum Gasteiger partial charge on any atom is 0.264 e. The highest BCUT2D eigenvalue weighted by Crippen LogP contribution is 2.28. The number of imidazole rings is 1. The minimum atomic E-state index is -0.350. The summed E-state index contributed by atoms with van der Waals surface area (Å²) in [6.45, 7) is 1.99. The Morgan fingerprint density at radius 2 is 2.19 bits per heavy atom. The number of benzene rings is 1. The molecule has 0 aliphatic rings. The van der Waals surface area contributed by atoms with Crippen molar-refractivity contribution in [3.63, 3.8) is 0 Å². The second kappa shape index (κ2) is 6.27. The molecule has 0 aliphatic carbocycles. The molecular formula is C18H16FN5O2S. The molecule has 0 aliphatic heterocycles. The highest BCUT2D eigenvalue weighted by Gasteiger charge is 2.22. The molecule has 3 aromatic heterocycles. The molecule has 27 heavy (non-hydrogen) atoms. The van der Waals surface area contributed by atoms with Crippen LogP contribution in [0.15, 0.2) is 29.3 Å². The van der Waals surface area contributed by atoms with Gasteiger partial charge in [0, 0.05) is 14.1 Å². The summed E-state index contributed by atoms with van der Waals surface area (Å²) in [5.74, 6) is -0.0134. The van der Waals surface area contributed by atoms with Gasteiger partial charge in [-0.05, 0) is 30.7 Å². The van der Waals surface area contributed by atoms with Gasteiger partial charge in [-0.1, -0.05) is 0 Å². The quantitative estimate of drug-likeness (QED) is 0.588. The summed E-state index contributed by atoms with van der Waals surface area (Å²) in [4.78, 5) is 39.4. The first kappa shape index (κ1) is 17.3. The monoisotopic (exact) mass is 385 g/mol. The molecule has 0 radical (unpaired) electrons. The van der Waals surface area contributed by atoms with Crippen molar-refractivity contribution in [3.8, 4) is 0 Å². The molecular weight excluding hydrogens is 369 g/mol. The zero-order valence-electron chi connectivity index (χ0n) is 14.9. The van der Waals surface area contributed by atoms with E-state index in [1.165, 1.54) is 39.3 Å². The Kier molecular flexibility index (Phi) is 4.03. The number of H-pyrrole nitrogens is 1. The van der Waals surface area contributed by atoms with Gasteiger partial charge in [0.05, 0.1) is 34.2 Å². The van der Waals surface area contributed by atoms with Gasteiger partial charge in [-0.3, -0.25) is 9.59 Å². The molecule has 4 aromatic rings. The van der Waals surface area contributed by atoms with E-state index in [-0.39, 0.29) is 23.8 Å². The first-order valence-corrected chi connectivity index (χ1v) is 9.01. The number of aromatic nitrogens is 4. The average Bonchev–Trinajstić information content (AvgIpc) is 3.17. The van der Waals surface area contributed by atoms with Crippen LogP contribution in [0.2, 0.25) is 0 Å². The van der Waals surface area contributed by atoms with Gasteiger partial charge in [0.2, 0.25) is 0 Å². The van der Waals surface area contributed by atoms with Crippen LogP contribution in [0.4, 0.5) is 4.39 Å². The fourth-order valence-electron chi connectivity index (χ4n) is 2.99. The standard InChI is InChI=1S/C18H16FN5O2S/c1-9-14-16(20-8-24(3)17(14)25)27-15(9)18(26)23(2)7-13-21-11-5-4-10(19)6-12(11)22-13/h4-6,8H,7H2,1-3H3,(H,21,22). The lowest BCUT2D eigenvalue weighted by molar-refractivity contribution is 0.0786. The number of rotatable bonds is 3. The van der Waals surface area contributed by atoms with Gasteiger partial charge >= 0.3 is 0 Å². The van der Waals surface area contributed by atoms with Gasteiger partial charge in [0.25, 0.3) is 11.5 Å². The lowest BCUT2D eigenvalue weighted by atomic mass is 10.2. The van der Waals surface area contributed by atoms with E-state index in [1.54, 1.807) is 27.1 Å². The summed E-state index contributed by atoms with van der Waals surface area (Å²) >= 11 is 1.20. The Labute approximate surface area is 157 Å². The lowest BCUT2D eigenvalue weighted by Crippen LogP contribution is -2.26.